The van der Waals surface area contributed by atoms with Crippen LogP contribution in [0.2, 0.25) is 0 Å². The number of nitrogens with one attached hydrogen (secondary N) is 1. The third kappa shape index (κ3) is 3.15. The fraction of sp³-hybridized carbons (Fsp3) is 0.647. The lowest BCUT2D eigenvalue weighted by atomic mass is 10.0. The molecule has 3 heteroatoms. The van der Waals surface area contributed by atoms with Gasteiger partial charge in [0.25, 0.3) is 0 Å². The first kappa shape index (κ1) is 13.9. The molecular weight excluding hydrogens is 248 g/mol. The molecule has 0 radical (unpaired) electrons. The van der Waals surface area contributed by atoms with Crippen molar-refractivity contribution in [2.75, 3.05) is 20.2 Å². The van der Waals surface area contributed by atoms with Crippen molar-refractivity contribution in [3.05, 3.63) is 29.8 Å². The Morgan fingerprint density at radius 2 is 1.95 bits per heavy atom. The van der Waals surface area contributed by atoms with E-state index in [4.69, 9.17) is 4.74 Å². The van der Waals surface area contributed by atoms with E-state index in [-0.39, 0.29) is 0 Å². The molecule has 1 aromatic rings. The Morgan fingerprint density at radius 1 is 1.20 bits per heavy atom. The van der Waals surface area contributed by atoms with Gasteiger partial charge in [0.05, 0.1) is 7.11 Å². The standard InChI is InChI=1S/C17H26N2O/c1-13(11-14-3-7-17(20-2)8-4-14)19-10-9-15-5-6-16(12-19)18-15/h3-4,7-8,13,15-16,18H,5-6,9-12H2,1-2H3. The van der Waals surface area contributed by atoms with Crippen LogP contribution in [-0.4, -0.2) is 43.2 Å². The van der Waals surface area contributed by atoms with Crippen LogP contribution < -0.4 is 10.1 Å². The molecule has 3 atom stereocenters. The Kier molecular flexibility index (Phi) is 4.27. The average molecular weight is 274 g/mol. The fourth-order valence-corrected chi connectivity index (χ4v) is 3.60. The smallest absolute Gasteiger partial charge is 0.118 e. The van der Waals surface area contributed by atoms with Crippen LogP contribution in [0.3, 0.4) is 0 Å². The molecule has 0 saturated carbocycles. The lowest BCUT2D eigenvalue weighted by molar-refractivity contribution is 0.197. The molecule has 0 amide bonds. The highest BCUT2D eigenvalue weighted by Gasteiger charge is 2.30. The van der Waals surface area contributed by atoms with E-state index in [0.29, 0.717) is 6.04 Å². The number of fused-ring (bicyclic) bond motifs is 2. The number of methoxy groups -OCH3 is 1. The molecule has 2 aliphatic rings. The number of hydrogen-bond acceptors (Lipinski definition) is 3. The summed E-state index contributed by atoms with van der Waals surface area (Å²) in [6.07, 6.45) is 5.17. The topological polar surface area (TPSA) is 24.5 Å². The number of nitrogens with zero attached hydrogens (tertiary/aromatic N) is 1. The third-order valence-corrected chi connectivity index (χ3v) is 4.87. The zero-order chi connectivity index (χ0) is 13.9. The van der Waals surface area contributed by atoms with Crippen molar-refractivity contribution in [3.63, 3.8) is 0 Å². The van der Waals surface area contributed by atoms with Crippen molar-refractivity contribution in [2.24, 2.45) is 0 Å². The van der Waals surface area contributed by atoms with Crippen LogP contribution in [0, 0.1) is 0 Å². The minimum Gasteiger partial charge on any atom is -0.497 e. The Morgan fingerprint density at radius 3 is 2.70 bits per heavy atom. The van der Waals surface area contributed by atoms with Gasteiger partial charge in [-0.05, 0) is 56.8 Å². The van der Waals surface area contributed by atoms with Gasteiger partial charge in [-0.1, -0.05) is 12.1 Å². The second kappa shape index (κ2) is 6.15. The largest absolute Gasteiger partial charge is 0.497 e. The Bertz CT molecular complexity index is 431. The summed E-state index contributed by atoms with van der Waals surface area (Å²) in [5, 5.41) is 3.76. The van der Waals surface area contributed by atoms with Crippen LogP contribution in [0.15, 0.2) is 24.3 Å². The van der Waals surface area contributed by atoms with Crippen molar-refractivity contribution >= 4 is 0 Å². The van der Waals surface area contributed by atoms with Gasteiger partial charge in [0.1, 0.15) is 5.75 Å². The van der Waals surface area contributed by atoms with Gasteiger partial charge < -0.3 is 10.1 Å². The molecule has 2 bridgehead atoms. The third-order valence-electron chi connectivity index (χ3n) is 4.87. The van der Waals surface area contributed by atoms with E-state index in [1.54, 1.807) is 7.11 Å². The molecule has 20 heavy (non-hydrogen) atoms. The first-order valence-electron chi connectivity index (χ1n) is 7.87. The van der Waals surface area contributed by atoms with E-state index in [1.807, 2.05) is 0 Å². The summed E-state index contributed by atoms with van der Waals surface area (Å²) in [4.78, 5) is 2.67. The minimum absolute atomic E-state index is 0.615. The average Bonchev–Trinajstić information content (AvgIpc) is 2.79. The van der Waals surface area contributed by atoms with Crippen LogP contribution in [-0.2, 0) is 6.42 Å². The van der Waals surface area contributed by atoms with Crippen LogP contribution in [0.25, 0.3) is 0 Å². The highest BCUT2D eigenvalue weighted by molar-refractivity contribution is 5.27. The highest BCUT2D eigenvalue weighted by Crippen LogP contribution is 2.23. The van der Waals surface area contributed by atoms with Gasteiger partial charge in [0.15, 0.2) is 0 Å². The van der Waals surface area contributed by atoms with E-state index in [0.717, 1.165) is 24.3 Å². The summed E-state index contributed by atoms with van der Waals surface area (Å²) < 4.78 is 5.22. The molecule has 110 valence electrons. The predicted octanol–water partition coefficient (Wildman–Crippen LogP) is 2.45. The van der Waals surface area contributed by atoms with E-state index >= 15 is 0 Å². The maximum atomic E-state index is 5.22. The predicted molar refractivity (Wildman–Crippen MR) is 82.3 cm³/mol. The summed E-state index contributed by atoms with van der Waals surface area (Å²) in [5.41, 5.74) is 1.40. The number of hydrogen-bond donors (Lipinski definition) is 1. The summed E-state index contributed by atoms with van der Waals surface area (Å²) in [6.45, 7) is 4.82. The van der Waals surface area contributed by atoms with Crippen molar-refractivity contribution in [2.45, 2.75) is 50.7 Å². The SMILES string of the molecule is COc1ccc(CC(C)N2CCC3CCC(C2)N3)cc1. The van der Waals surface area contributed by atoms with Gasteiger partial charge in [-0.2, -0.15) is 0 Å². The van der Waals surface area contributed by atoms with Gasteiger partial charge >= 0.3 is 0 Å². The second-order valence-electron chi connectivity index (χ2n) is 6.32. The van der Waals surface area contributed by atoms with E-state index < -0.39 is 0 Å². The first-order chi connectivity index (χ1) is 9.74. The van der Waals surface area contributed by atoms with Crippen LogP contribution in [0.5, 0.6) is 5.75 Å². The lowest BCUT2D eigenvalue weighted by Crippen LogP contribution is -2.41. The molecule has 2 saturated heterocycles. The number of likely N-dealkylation sites (tertiary alicyclic amines) is 1. The number of ether oxygens (including phenoxy) is 1. The Hall–Kier alpha value is -1.06. The maximum absolute atomic E-state index is 5.22. The van der Waals surface area contributed by atoms with Crippen molar-refractivity contribution in [1.82, 2.24) is 10.2 Å². The lowest BCUT2D eigenvalue weighted by Gasteiger charge is -2.30. The normalized spacial score (nSPS) is 28.1. The molecule has 1 N–H and O–H groups in total. The highest BCUT2D eigenvalue weighted by atomic mass is 16.5. The van der Waals surface area contributed by atoms with Crippen molar-refractivity contribution in [1.29, 1.82) is 0 Å². The number of benzene rings is 1. The van der Waals surface area contributed by atoms with Crippen LogP contribution in [0.1, 0.15) is 31.7 Å². The molecule has 2 heterocycles. The van der Waals surface area contributed by atoms with Gasteiger partial charge in [-0.3, -0.25) is 4.90 Å². The van der Waals surface area contributed by atoms with E-state index in [9.17, 15) is 0 Å². The molecule has 0 spiro atoms. The zero-order valence-corrected chi connectivity index (χ0v) is 12.6. The van der Waals surface area contributed by atoms with Crippen molar-refractivity contribution < 1.29 is 4.74 Å². The molecular formula is C17H26N2O. The van der Waals surface area contributed by atoms with Gasteiger partial charge in [-0.25, -0.2) is 0 Å². The molecule has 2 aliphatic heterocycles. The molecule has 0 aromatic heterocycles. The first-order valence-corrected chi connectivity index (χ1v) is 7.87. The number of rotatable bonds is 4. The molecule has 3 unspecified atom stereocenters. The monoisotopic (exact) mass is 274 g/mol. The van der Waals surface area contributed by atoms with Gasteiger partial charge in [-0.15, -0.1) is 0 Å². The summed E-state index contributed by atoms with van der Waals surface area (Å²) in [6, 6.07) is 10.6. The maximum Gasteiger partial charge on any atom is 0.118 e. The quantitative estimate of drug-likeness (QED) is 0.913. The minimum atomic E-state index is 0.615. The molecule has 1 aromatic carbocycles. The van der Waals surface area contributed by atoms with Crippen molar-refractivity contribution in [3.8, 4) is 5.75 Å². The summed E-state index contributed by atoms with van der Waals surface area (Å²) in [7, 11) is 1.72. The summed E-state index contributed by atoms with van der Waals surface area (Å²) in [5.74, 6) is 0.942. The Labute approximate surface area is 122 Å². The van der Waals surface area contributed by atoms with Gasteiger partial charge in [0, 0.05) is 24.7 Å². The zero-order valence-electron chi connectivity index (χ0n) is 12.6. The summed E-state index contributed by atoms with van der Waals surface area (Å²) >= 11 is 0. The fourth-order valence-electron chi connectivity index (χ4n) is 3.60. The molecule has 2 fully saturated rings. The second-order valence-corrected chi connectivity index (χ2v) is 6.32. The van der Waals surface area contributed by atoms with Crippen LogP contribution >= 0.6 is 0 Å². The molecule has 0 aliphatic carbocycles. The van der Waals surface area contributed by atoms with E-state index in [2.05, 4.69) is 41.4 Å². The van der Waals surface area contributed by atoms with Gasteiger partial charge in [0.2, 0.25) is 0 Å². The van der Waals surface area contributed by atoms with Crippen LogP contribution in [0.4, 0.5) is 0 Å². The Balaban J connectivity index is 1.58. The van der Waals surface area contributed by atoms with E-state index in [1.165, 1.54) is 37.9 Å². The molecule has 3 nitrogen and oxygen atoms in total. The molecule has 3 rings (SSSR count).